The summed E-state index contributed by atoms with van der Waals surface area (Å²) in [7, 11) is 1.37. The van der Waals surface area contributed by atoms with Crippen molar-refractivity contribution >= 4 is 39.1 Å². The van der Waals surface area contributed by atoms with Gasteiger partial charge < -0.3 is 10.6 Å². The van der Waals surface area contributed by atoms with E-state index in [0.717, 1.165) is 25.5 Å². The van der Waals surface area contributed by atoms with E-state index in [2.05, 4.69) is 25.6 Å². The van der Waals surface area contributed by atoms with E-state index in [4.69, 9.17) is 0 Å². The van der Waals surface area contributed by atoms with E-state index in [1.807, 2.05) is 0 Å². The van der Waals surface area contributed by atoms with Gasteiger partial charge in [0.2, 0.25) is 11.9 Å². The minimum atomic E-state index is -4.54. The van der Waals surface area contributed by atoms with Crippen LogP contribution in [0.5, 0.6) is 0 Å². The number of alkyl halides is 3. The summed E-state index contributed by atoms with van der Waals surface area (Å²) in [5.74, 6) is -0.218. The Morgan fingerprint density at radius 3 is 2.63 bits per heavy atom. The largest absolute Gasteiger partial charge is 0.421 e. The zero-order valence-electron chi connectivity index (χ0n) is 14.6. The van der Waals surface area contributed by atoms with Crippen LogP contribution in [0, 0.1) is 6.92 Å². The first-order chi connectivity index (χ1) is 12.7. The summed E-state index contributed by atoms with van der Waals surface area (Å²) >= 11 is 1.28. The molecule has 1 saturated heterocycles. The number of rotatable bonds is 4. The Morgan fingerprint density at radius 1 is 1.26 bits per heavy atom. The third kappa shape index (κ3) is 3.09. The molecule has 2 aliphatic rings. The van der Waals surface area contributed by atoms with Crippen LogP contribution in [0.25, 0.3) is 0 Å². The lowest BCUT2D eigenvalue weighted by Crippen LogP contribution is -2.34. The Bertz CT molecular complexity index is 908. The van der Waals surface area contributed by atoms with Crippen LogP contribution < -0.4 is 15.5 Å². The molecule has 1 amide bonds. The first-order valence-electron chi connectivity index (χ1n) is 8.43. The summed E-state index contributed by atoms with van der Waals surface area (Å²) in [6.07, 6.45) is -0.474. The average molecular weight is 398 g/mol. The van der Waals surface area contributed by atoms with Crippen molar-refractivity contribution in [2.75, 3.05) is 22.6 Å². The Hall–Kier alpha value is -2.43. The number of nitrogens with one attached hydrogen (secondary N) is 2. The zero-order chi connectivity index (χ0) is 19.4. The molecule has 1 saturated carbocycles. The molecule has 0 radical (unpaired) electrons. The smallest absolute Gasteiger partial charge is 0.372 e. The van der Waals surface area contributed by atoms with Gasteiger partial charge in [0.25, 0.3) is 0 Å². The lowest BCUT2D eigenvalue weighted by Gasteiger charge is -2.20. The van der Waals surface area contributed by atoms with Crippen molar-refractivity contribution in [3.8, 4) is 0 Å². The standard InChI is InChI=1S/C16H17F3N6OS/c1-8-12(24-13-21-7-9(16(17,18)19)11(20-2)23-13)27-14(22-8)25-10(26)3-4-15(25)5-6-15/h7H,3-6H2,1-2H3,(H2,20,21,23,24). The van der Waals surface area contributed by atoms with E-state index in [1.165, 1.54) is 18.4 Å². The van der Waals surface area contributed by atoms with Crippen molar-refractivity contribution in [2.24, 2.45) is 0 Å². The van der Waals surface area contributed by atoms with Gasteiger partial charge >= 0.3 is 6.18 Å². The maximum absolute atomic E-state index is 13.0. The van der Waals surface area contributed by atoms with Crippen molar-refractivity contribution < 1.29 is 18.0 Å². The first-order valence-corrected chi connectivity index (χ1v) is 9.25. The number of anilines is 4. The van der Waals surface area contributed by atoms with Crippen LogP contribution in [0.1, 0.15) is 36.9 Å². The van der Waals surface area contributed by atoms with E-state index in [9.17, 15) is 18.0 Å². The third-order valence-corrected chi connectivity index (χ3v) is 5.95. The highest BCUT2D eigenvalue weighted by atomic mass is 32.1. The zero-order valence-corrected chi connectivity index (χ0v) is 15.5. The molecule has 3 heterocycles. The summed E-state index contributed by atoms with van der Waals surface area (Å²) in [5, 5.41) is 6.57. The van der Waals surface area contributed by atoms with Crippen LogP contribution >= 0.6 is 11.3 Å². The number of halogens is 3. The molecule has 0 aromatic carbocycles. The highest BCUT2D eigenvalue weighted by Gasteiger charge is 2.55. The summed E-state index contributed by atoms with van der Waals surface area (Å²) in [6, 6.07) is 0. The molecular weight excluding hydrogens is 381 g/mol. The number of aromatic nitrogens is 3. The molecule has 1 aliphatic carbocycles. The topological polar surface area (TPSA) is 83.0 Å². The van der Waals surface area contributed by atoms with Crippen LogP contribution in [0.3, 0.4) is 0 Å². The fourth-order valence-electron chi connectivity index (χ4n) is 3.29. The van der Waals surface area contributed by atoms with Gasteiger partial charge in [0.1, 0.15) is 16.4 Å². The Balaban J connectivity index is 1.61. The van der Waals surface area contributed by atoms with Gasteiger partial charge in [-0.1, -0.05) is 11.3 Å². The minimum absolute atomic E-state index is 0.0273. The van der Waals surface area contributed by atoms with E-state index in [-0.39, 0.29) is 23.2 Å². The molecule has 2 N–H and O–H groups in total. The van der Waals surface area contributed by atoms with Gasteiger partial charge in [-0.2, -0.15) is 18.2 Å². The predicted molar refractivity (Wildman–Crippen MR) is 95.4 cm³/mol. The molecule has 2 aromatic rings. The van der Waals surface area contributed by atoms with E-state index in [1.54, 1.807) is 11.8 Å². The van der Waals surface area contributed by atoms with E-state index < -0.39 is 11.7 Å². The van der Waals surface area contributed by atoms with Crippen LogP contribution in [0.2, 0.25) is 0 Å². The van der Waals surface area contributed by atoms with E-state index >= 15 is 0 Å². The Labute approximate surface area is 157 Å². The number of carbonyl (C=O) groups is 1. The van der Waals surface area contributed by atoms with Crippen molar-refractivity contribution in [2.45, 2.75) is 44.3 Å². The molecule has 0 atom stereocenters. The average Bonchev–Trinajstić information content (AvgIpc) is 3.19. The van der Waals surface area contributed by atoms with Crippen LogP contribution in [0.4, 0.5) is 35.1 Å². The lowest BCUT2D eigenvalue weighted by molar-refractivity contribution is -0.137. The van der Waals surface area contributed by atoms with Gasteiger partial charge in [0, 0.05) is 19.7 Å². The van der Waals surface area contributed by atoms with Gasteiger partial charge in [-0.3, -0.25) is 9.69 Å². The molecule has 4 rings (SSSR count). The Morgan fingerprint density at radius 2 is 2.00 bits per heavy atom. The molecule has 0 bridgehead atoms. The molecule has 2 aromatic heterocycles. The molecule has 11 heteroatoms. The summed E-state index contributed by atoms with van der Waals surface area (Å²) in [6.45, 7) is 1.77. The monoisotopic (exact) mass is 398 g/mol. The number of hydrogen-bond donors (Lipinski definition) is 2. The number of carbonyl (C=O) groups excluding carboxylic acids is 1. The van der Waals surface area contributed by atoms with Crippen LogP contribution in [0.15, 0.2) is 6.20 Å². The molecule has 2 fully saturated rings. The number of aryl methyl sites for hydroxylation is 1. The molecule has 1 spiro atoms. The van der Waals surface area contributed by atoms with Gasteiger partial charge in [-0.15, -0.1) is 0 Å². The van der Waals surface area contributed by atoms with Gasteiger partial charge in [0.05, 0.1) is 11.2 Å². The fraction of sp³-hybridized carbons (Fsp3) is 0.500. The molecule has 1 aliphatic heterocycles. The predicted octanol–water partition coefficient (Wildman–Crippen LogP) is 3.71. The highest BCUT2D eigenvalue weighted by molar-refractivity contribution is 7.19. The van der Waals surface area contributed by atoms with Crippen molar-refractivity contribution in [1.82, 2.24) is 15.0 Å². The summed E-state index contributed by atoms with van der Waals surface area (Å²) in [4.78, 5) is 26.2. The molecular formula is C16H17F3N6OS. The Kier molecular flexibility index (Phi) is 4.02. The normalized spacial score (nSPS) is 18.3. The third-order valence-electron chi connectivity index (χ3n) is 4.89. The van der Waals surface area contributed by atoms with Crippen LogP contribution in [-0.4, -0.2) is 33.4 Å². The number of nitrogens with zero attached hydrogens (tertiary/aromatic N) is 4. The molecule has 0 unspecified atom stereocenters. The van der Waals surface area contributed by atoms with Crippen LogP contribution in [-0.2, 0) is 11.0 Å². The molecule has 27 heavy (non-hydrogen) atoms. The second-order valence-corrected chi connectivity index (χ2v) is 7.67. The van der Waals surface area contributed by atoms with Gasteiger partial charge in [-0.25, -0.2) is 9.97 Å². The second kappa shape index (κ2) is 6.04. The van der Waals surface area contributed by atoms with E-state index in [0.29, 0.717) is 22.2 Å². The SMILES string of the molecule is CNc1nc(Nc2sc(N3C(=O)CCC34CC4)nc2C)ncc1C(F)(F)F. The number of amides is 1. The summed E-state index contributed by atoms with van der Waals surface area (Å²) in [5.41, 5.74) is -0.376. The van der Waals surface area contributed by atoms with Gasteiger partial charge in [0.15, 0.2) is 5.13 Å². The highest BCUT2D eigenvalue weighted by Crippen LogP contribution is 2.53. The number of thiazole rings is 1. The molecule has 7 nitrogen and oxygen atoms in total. The first kappa shape index (κ1) is 18.0. The lowest BCUT2D eigenvalue weighted by atomic mass is 10.2. The van der Waals surface area contributed by atoms with Gasteiger partial charge in [-0.05, 0) is 26.2 Å². The van der Waals surface area contributed by atoms with Crippen molar-refractivity contribution in [1.29, 1.82) is 0 Å². The maximum atomic E-state index is 13.0. The minimum Gasteiger partial charge on any atom is -0.372 e. The second-order valence-electron chi connectivity index (χ2n) is 6.69. The summed E-state index contributed by atoms with van der Waals surface area (Å²) < 4.78 is 38.9. The van der Waals surface area contributed by atoms with Crippen molar-refractivity contribution in [3.05, 3.63) is 17.5 Å². The maximum Gasteiger partial charge on any atom is 0.421 e. The quantitative estimate of drug-likeness (QED) is 0.817. The fourth-order valence-corrected chi connectivity index (χ4v) is 4.38. The van der Waals surface area contributed by atoms with Crippen molar-refractivity contribution in [3.63, 3.8) is 0 Å². The number of hydrogen-bond acceptors (Lipinski definition) is 7. The molecule has 144 valence electrons.